The lowest BCUT2D eigenvalue weighted by atomic mass is 9.34. The summed E-state index contributed by atoms with van der Waals surface area (Å²) in [4.78, 5) is 23.3. The third kappa shape index (κ3) is 6.01. The Hall–Kier alpha value is -3.40. The highest BCUT2D eigenvalue weighted by Gasteiger charge is 2.72. The number of hydrogen-bond donors (Lipinski definition) is 2. The molecule has 3 N–H and O–H groups in total. The predicted octanol–water partition coefficient (Wildman–Crippen LogP) is 9.90. The normalized spacial score (nSPS) is 38.6. The Morgan fingerprint density at radius 3 is 2.43 bits per heavy atom. The SMILES string of the molecule is CC(C)[C@@H](C)[C@@]1(C)CC[C@]2(C)[C@H]3CC[C@@H]4[C@@]5(COC[C@@]4(C)[C@@H](OC[C@](C)(N)C(C)C)[C@H](n4ncnc4-c4ccnc(-c6ccccc6)c4)C5)C3=CCC2(C)C1C(=O)O. The smallest absolute Gasteiger partial charge is 0.307 e. The van der Waals surface area contributed by atoms with Crippen molar-refractivity contribution in [2.75, 3.05) is 19.8 Å². The number of carbonyl (C=O) groups is 1. The van der Waals surface area contributed by atoms with Gasteiger partial charge in [0.1, 0.15) is 6.33 Å². The molecule has 2 unspecified atom stereocenters. The summed E-state index contributed by atoms with van der Waals surface area (Å²) >= 11 is 0. The number of benzene rings is 1. The van der Waals surface area contributed by atoms with Gasteiger partial charge in [-0.05, 0) is 103 Å². The Balaban J connectivity index is 1.25. The van der Waals surface area contributed by atoms with Gasteiger partial charge in [0.15, 0.2) is 5.82 Å². The zero-order chi connectivity index (χ0) is 41.6. The van der Waals surface area contributed by atoms with E-state index in [0.717, 1.165) is 61.2 Å². The van der Waals surface area contributed by atoms with Crippen molar-refractivity contribution in [2.24, 2.45) is 68.3 Å². The number of hydrogen-bond acceptors (Lipinski definition) is 7. The fraction of sp³-hybridized carbons (Fsp3) is 0.673. The first kappa shape index (κ1) is 41.3. The van der Waals surface area contributed by atoms with Crippen molar-refractivity contribution in [3.63, 3.8) is 0 Å². The third-order valence-electron chi connectivity index (χ3n) is 18.0. The van der Waals surface area contributed by atoms with E-state index in [1.807, 2.05) is 30.5 Å². The summed E-state index contributed by atoms with van der Waals surface area (Å²) in [5.74, 6) is 1.27. The fourth-order valence-electron chi connectivity index (χ4n) is 13.6. The van der Waals surface area contributed by atoms with E-state index in [-0.39, 0.29) is 51.1 Å². The molecule has 9 nitrogen and oxygen atoms in total. The van der Waals surface area contributed by atoms with Crippen LogP contribution in [-0.4, -0.2) is 62.3 Å². The van der Waals surface area contributed by atoms with Crippen molar-refractivity contribution in [2.45, 2.75) is 125 Å². The second-order valence-electron chi connectivity index (χ2n) is 21.3. The molecule has 12 atom stereocenters. The number of rotatable bonds is 10. The van der Waals surface area contributed by atoms with Crippen LogP contribution < -0.4 is 5.73 Å². The van der Waals surface area contributed by atoms with Gasteiger partial charge in [-0.1, -0.05) is 104 Å². The molecule has 2 aromatic heterocycles. The van der Waals surface area contributed by atoms with Crippen LogP contribution in [0.1, 0.15) is 114 Å². The number of carboxylic acids is 1. The average molecular weight is 792 g/mol. The van der Waals surface area contributed by atoms with Crippen LogP contribution in [0.5, 0.6) is 0 Å². The van der Waals surface area contributed by atoms with Crippen LogP contribution in [-0.2, 0) is 14.3 Å². The van der Waals surface area contributed by atoms with Crippen molar-refractivity contribution in [1.29, 1.82) is 0 Å². The van der Waals surface area contributed by atoms with E-state index >= 15 is 0 Å². The number of pyridine rings is 1. The lowest BCUT2D eigenvalue weighted by Crippen LogP contribution is -2.69. The summed E-state index contributed by atoms with van der Waals surface area (Å²) in [6.07, 6.45) is 11.5. The molecule has 0 radical (unpaired) electrons. The number of fused-ring (bicyclic) bond motifs is 3. The van der Waals surface area contributed by atoms with Crippen molar-refractivity contribution < 1.29 is 19.4 Å². The van der Waals surface area contributed by atoms with Crippen LogP contribution >= 0.6 is 0 Å². The Kier molecular flexibility index (Phi) is 10.2. The lowest BCUT2D eigenvalue weighted by Gasteiger charge is -2.71. The van der Waals surface area contributed by atoms with E-state index in [4.69, 9.17) is 30.3 Å². The molecule has 0 spiro atoms. The first-order valence-corrected chi connectivity index (χ1v) is 22.2. The Morgan fingerprint density at radius 1 is 1.00 bits per heavy atom. The molecule has 4 fully saturated rings. The maximum Gasteiger partial charge on any atom is 0.307 e. The van der Waals surface area contributed by atoms with Crippen LogP contribution in [0.25, 0.3) is 22.6 Å². The fourth-order valence-corrected chi connectivity index (χ4v) is 13.6. The summed E-state index contributed by atoms with van der Waals surface area (Å²) in [6.45, 7) is 24.4. The molecule has 1 aromatic carbocycles. The highest BCUT2D eigenvalue weighted by Crippen LogP contribution is 2.75. The number of allylic oxidation sites excluding steroid dienone is 1. The van der Waals surface area contributed by atoms with E-state index in [1.165, 1.54) is 5.57 Å². The molecule has 1 aliphatic heterocycles. The second kappa shape index (κ2) is 14.4. The second-order valence-corrected chi connectivity index (χ2v) is 21.3. The molecule has 2 bridgehead atoms. The van der Waals surface area contributed by atoms with Gasteiger partial charge >= 0.3 is 5.97 Å². The molecule has 5 aliphatic rings. The number of nitrogens with two attached hydrogens (primary N) is 1. The van der Waals surface area contributed by atoms with E-state index in [0.29, 0.717) is 37.6 Å². The van der Waals surface area contributed by atoms with Crippen molar-refractivity contribution in [3.05, 3.63) is 66.6 Å². The molecular weight excluding hydrogens is 723 g/mol. The van der Waals surface area contributed by atoms with E-state index in [2.05, 4.69) is 98.2 Å². The first-order chi connectivity index (χ1) is 27.3. The summed E-state index contributed by atoms with van der Waals surface area (Å²) in [7, 11) is 0. The van der Waals surface area contributed by atoms with E-state index in [1.54, 1.807) is 6.33 Å². The van der Waals surface area contributed by atoms with E-state index in [9.17, 15) is 9.90 Å². The van der Waals surface area contributed by atoms with Crippen molar-refractivity contribution in [3.8, 4) is 22.6 Å². The predicted molar refractivity (Wildman–Crippen MR) is 228 cm³/mol. The van der Waals surface area contributed by atoms with Gasteiger partial charge in [0.25, 0.3) is 0 Å². The van der Waals surface area contributed by atoms with Gasteiger partial charge in [-0.3, -0.25) is 9.78 Å². The van der Waals surface area contributed by atoms with Crippen LogP contribution in [0.4, 0.5) is 0 Å². The van der Waals surface area contributed by atoms with Crippen LogP contribution in [0.2, 0.25) is 0 Å². The minimum absolute atomic E-state index is 0.145. The molecule has 58 heavy (non-hydrogen) atoms. The van der Waals surface area contributed by atoms with Gasteiger partial charge in [0.2, 0.25) is 0 Å². The van der Waals surface area contributed by atoms with Gasteiger partial charge in [-0.15, -0.1) is 0 Å². The molecule has 1 saturated heterocycles. The van der Waals surface area contributed by atoms with Gasteiger partial charge in [-0.25, -0.2) is 9.67 Å². The van der Waals surface area contributed by atoms with E-state index < -0.39 is 17.4 Å². The highest BCUT2D eigenvalue weighted by atomic mass is 16.5. The molecular formula is C49H69N5O4. The molecule has 4 aliphatic carbocycles. The molecule has 3 heterocycles. The molecule has 9 heteroatoms. The minimum Gasteiger partial charge on any atom is -0.481 e. The summed E-state index contributed by atoms with van der Waals surface area (Å²) < 4.78 is 16.2. The molecule has 3 saturated carbocycles. The Morgan fingerprint density at radius 2 is 1.74 bits per heavy atom. The standard InChI is InChI=1S/C49H69N5O4/c1-30(2)32(5)44(6)21-22-46(8)35-16-17-39-45(7)26-57-28-49(39,36(35)18-20-47(46,9)40(44)43(55)56)25-38(41(45)58-27-48(10,50)31(3)4)54-42(52-29-53-54)34-19-23-51-37(24-34)33-14-12-11-13-15-33/h11-15,18-19,23-24,29-32,35,38-41H,16-17,20-22,25-28,50H2,1-10H3,(H,55,56)/t32-,35+,38-,39+,40?,41+,44-,45-,46-,47?,48+,49+/m1/s1. The average Bonchev–Trinajstić information content (AvgIpc) is 3.68. The zero-order valence-corrected chi connectivity index (χ0v) is 36.8. The quantitative estimate of drug-likeness (QED) is 0.195. The number of aliphatic carboxylic acids is 1. The number of aromatic nitrogens is 4. The minimum atomic E-state index is -0.628. The molecule has 0 amide bonds. The maximum absolute atomic E-state index is 13.7. The molecule has 8 rings (SSSR count). The molecule has 314 valence electrons. The topological polar surface area (TPSA) is 125 Å². The number of carboxylic acid groups (broad SMARTS) is 1. The monoisotopic (exact) mass is 792 g/mol. The summed E-state index contributed by atoms with van der Waals surface area (Å²) in [5, 5.41) is 16.3. The largest absolute Gasteiger partial charge is 0.481 e. The van der Waals surface area contributed by atoms with Gasteiger partial charge in [-0.2, -0.15) is 5.10 Å². The van der Waals surface area contributed by atoms with Crippen LogP contribution in [0, 0.1) is 62.6 Å². The Labute approximate surface area is 347 Å². The van der Waals surface area contributed by atoms with Crippen molar-refractivity contribution >= 4 is 5.97 Å². The summed E-state index contributed by atoms with van der Waals surface area (Å²) in [5.41, 5.74) is 9.41. The third-order valence-corrected chi connectivity index (χ3v) is 18.0. The number of nitrogens with zero attached hydrogens (tertiary/aromatic N) is 4. The van der Waals surface area contributed by atoms with Gasteiger partial charge < -0.3 is 20.3 Å². The lowest BCUT2D eigenvalue weighted by molar-refractivity contribution is -0.252. The van der Waals surface area contributed by atoms with Crippen molar-refractivity contribution in [1.82, 2.24) is 19.7 Å². The number of ether oxygens (including phenoxy) is 2. The Bertz CT molecular complexity index is 2040. The first-order valence-electron chi connectivity index (χ1n) is 22.2. The summed E-state index contributed by atoms with van der Waals surface area (Å²) in [6, 6.07) is 14.3. The van der Waals surface area contributed by atoms with Crippen LogP contribution in [0.15, 0.2) is 66.6 Å². The molecule has 3 aromatic rings. The van der Waals surface area contributed by atoms with Gasteiger partial charge in [0.05, 0.1) is 43.6 Å². The highest BCUT2D eigenvalue weighted by molar-refractivity contribution is 5.73. The van der Waals surface area contributed by atoms with Gasteiger partial charge in [0, 0.05) is 33.7 Å². The zero-order valence-electron chi connectivity index (χ0n) is 36.8. The van der Waals surface area contributed by atoms with Crippen LogP contribution in [0.3, 0.4) is 0 Å². The maximum atomic E-state index is 13.7.